The van der Waals surface area contributed by atoms with Crippen LogP contribution in [0.4, 0.5) is 5.82 Å². The van der Waals surface area contributed by atoms with Crippen LogP contribution in [-0.4, -0.2) is 21.7 Å². The fourth-order valence-electron chi connectivity index (χ4n) is 1.89. The minimum Gasteiger partial charge on any atom is -0.382 e. The molecule has 0 bridgehead atoms. The molecule has 14 heavy (non-hydrogen) atoms. The van der Waals surface area contributed by atoms with E-state index in [4.69, 9.17) is 11.5 Å². The fraction of sp³-hybridized carbons (Fsp3) is 0.556. The number of anilines is 1. The Hall–Kier alpha value is -1.36. The molecule has 2 atom stereocenters. The molecule has 1 fully saturated rings. The summed E-state index contributed by atoms with van der Waals surface area (Å²) in [5.41, 5.74) is 11.2. The van der Waals surface area contributed by atoms with E-state index in [0.29, 0.717) is 5.82 Å². The molecule has 0 aliphatic heterocycles. The first-order valence-electron chi connectivity index (χ1n) is 4.78. The van der Waals surface area contributed by atoms with Gasteiger partial charge in [-0.2, -0.15) is 0 Å². The first-order chi connectivity index (χ1) is 6.66. The minimum atomic E-state index is 0.00894. The van der Waals surface area contributed by atoms with E-state index in [1.807, 2.05) is 0 Å². The minimum absolute atomic E-state index is 0.00894. The second kappa shape index (κ2) is 3.42. The van der Waals surface area contributed by atoms with Crippen molar-refractivity contribution in [2.75, 3.05) is 5.73 Å². The Balaban J connectivity index is 2.09. The van der Waals surface area contributed by atoms with Crippen molar-refractivity contribution >= 4 is 11.7 Å². The van der Waals surface area contributed by atoms with Crippen molar-refractivity contribution in [1.82, 2.24) is 9.78 Å². The van der Waals surface area contributed by atoms with Crippen LogP contribution in [0.3, 0.4) is 0 Å². The number of hydrogen-bond donors (Lipinski definition) is 2. The number of carbonyl (C=O) groups is 1. The number of nitrogens with two attached hydrogens (primary N) is 2. The van der Waals surface area contributed by atoms with E-state index in [1.54, 1.807) is 12.3 Å². The summed E-state index contributed by atoms with van der Waals surface area (Å²) in [7, 11) is 0. The predicted molar refractivity (Wildman–Crippen MR) is 52.6 cm³/mol. The van der Waals surface area contributed by atoms with Gasteiger partial charge < -0.3 is 11.5 Å². The Kier molecular flexibility index (Phi) is 2.25. The van der Waals surface area contributed by atoms with Gasteiger partial charge in [0.05, 0.1) is 0 Å². The maximum atomic E-state index is 11.8. The lowest BCUT2D eigenvalue weighted by molar-refractivity contribution is 0.0819. The maximum absolute atomic E-state index is 11.8. The summed E-state index contributed by atoms with van der Waals surface area (Å²) in [6, 6.07) is 1.78. The average Bonchev–Trinajstić information content (AvgIpc) is 2.73. The van der Waals surface area contributed by atoms with Crippen molar-refractivity contribution < 1.29 is 4.79 Å². The van der Waals surface area contributed by atoms with Crippen LogP contribution in [0.1, 0.15) is 24.1 Å². The molecule has 0 radical (unpaired) electrons. The number of nitrogens with zero attached hydrogens (tertiary/aromatic N) is 2. The van der Waals surface area contributed by atoms with Gasteiger partial charge in [-0.05, 0) is 19.3 Å². The Morgan fingerprint density at radius 2 is 2.36 bits per heavy atom. The van der Waals surface area contributed by atoms with E-state index >= 15 is 0 Å². The number of aromatic nitrogens is 2. The molecule has 1 aliphatic rings. The van der Waals surface area contributed by atoms with Gasteiger partial charge >= 0.3 is 0 Å². The van der Waals surface area contributed by atoms with Crippen LogP contribution >= 0.6 is 0 Å². The van der Waals surface area contributed by atoms with Crippen LogP contribution < -0.4 is 11.5 Å². The van der Waals surface area contributed by atoms with E-state index in [9.17, 15) is 4.79 Å². The maximum Gasteiger partial charge on any atom is 0.250 e. The van der Waals surface area contributed by atoms with Crippen LogP contribution in [0.25, 0.3) is 0 Å². The smallest absolute Gasteiger partial charge is 0.250 e. The Bertz CT molecular complexity index is 346. The van der Waals surface area contributed by atoms with Gasteiger partial charge in [0.25, 0.3) is 0 Å². The molecule has 0 spiro atoms. The summed E-state index contributed by atoms with van der Waals surface area (Å²) in [5.74, 6) is 0.402. The normalized spacial score (nSPS) is 26.6. The molecule has 5 heteroatoms. The highest BCUT2D eigenvalue weighted by molar-refractivity contribution is 5.81. The van der Waals surface area contributed by atoms with Gasteiger partial charge in [-0.3, -0.25) is 4.79 Å². The van der Waals surface area contributed by atoms with Gasteiger partial charge in [-0.25, -0.2) is 4.68 Å². The highest BCUT2D eigenvalue weighted by atomic mass is 16.2. The molecule has 1 aliphatic carbocycles. The van der Waals surface area contributed by atoms with Crippen molar-refractivity contribution in [1.29, 1.82) is 0 Å². The van der Waals surface area contributed by atoms with Gasteiger partial charge in [0.15, 0.2) is 0 Å². The first kappa shape index (κ1) is 9.21. The van der Waals surface area contributed by atoms with E-state index in [-0.39, 0.29) is 17.9 Å². The summed E-state index contributed by atoms with van der Waals surface area (Å²) in [4.78, 5) is 11.8. The lowest BCUT2D eigenvalue weighted by Gasteiger charge is -2.07. The van der Waals surface area contributed by atoms with Crippen LogP contribution in [-0.2, 0) is 0 Å². The fourth-order valence-corrected chi connectivity index (χ4v) is 1.89. The number of nitrogen functional groups attached to an aromatic ring is 1. The molecule has 4 N–H and O–H groups in total. The molecule has 76 valence electrons. The summed E-state index contributed by atoms with van der Waals surface area (Å²) >= 11 is 0. The molecular weight excluding hydrogens is 180 g/mol. The molecule has 5 nitrogen and oxygen atoms in total. The van der Waals surface area contributed by atoms with E-state index < -0.39 is 0 Å². The highest BCUT2D eigenvalue weighted by Gasteiger charge is 2.28. The molecule has 0 amide bonds. The topological polar surface area (TPSA) is 86.9 Å². The molecule has 0 aromatic carbocycles. The van der Waals surface area contributed by atoms with E-state index in [2.05, 4.69) is 5.10 Å². The molecule has 1 aromatic rings. The summed E-state index contributed by atoms with van der Waals surface area (Å²) in [6.07, 6.45) is 4.15. The summed E-state index contributed by atoms with van der Waals surface area (Å²) in [5, 5.41) is 3.88. The number of hydrogen-bond acceptors (Lipinski definition) is 4. The Labute approximate surface area is 82.1 Å². The monoisotopic (exact) mass is 194 g/mol. The Morgan fingerprint density at radius 3 is 2.86 bits per heavy atom. The summed E-state index contributed by atoms with van der Waals surface area (Å²) in [6.45, 7) is 0. The highest BCUT2D eigenvalue weighted by Crippen LogP contribution is 2.25. The summed E-state index contributed by atoms with van der Waals surface area (Å²) < 4.78 is 1.32. The second-order valence-corrected chi connectivity index (χ2v) is 3.79. The van der Waals surface area contributed by atoms with Gasteiger partial charge in [0, 0.05) is 24.2 Å². The molecule has 2 unspecified atom stereocenters. The van der Waals surface area contributed by atoms with Gasteiger partial charge in [0.2, 0.25) is 5.91 Å². The molecular formula is C9H14N4O. The standard InChI is InChI=1S/C9H14N4O/c10-7-2-1-6(5-7)9(14)13-4-3-8(11)12-13/h3-4,6-7H,1-2,5,10H2,(H2,11,12). The van der Waals surface area contributed by atoms with Crippen LogP contribution in [0.2, 0.25) is 0 Å². The van der Waals surface area contributed by atoms with Crippen LogP contribution in [0.15, 0.2) is 12.3 Å². The third-order valence-corrected chi connectivity index (χ3v) is 2.66. The quantitative estimate of drug-likeness (QED) is 0.670. The molecule has 0 saturated heterocycles. The van der Waals surface area contributed by atoms with Gasteiger partial charge in [-0.1, -0.05) is 0 Å². The van der Waals surface area contributed by atoms with Crippen molar-refractivity contribution in [3.8, 4) is 0 Å². The second-order valence-electron chi connectivity index (χ2n) is 3.79. The zero-order valence-electron chi connectivity index (χ0n) is 7.89. The SMILES string of the molecule is Nc1ccn(C(=O)C2CCC(N)C2)n1. The largest absolute Gasteiger partial charge is 0.382 e. The molecule has 1 heterocycles. The lowest BCUT2D eigenvalue weighted by Crippen LogP contribution is -2.22. The van der Waals surface area contributed by atoms with E-state index in [1.165, 1.54) is 4.68 Å². The van der Waals surface area contributed by atoms with Crippen molar-refractivity contribution in [2.24, 2.45) is 11.7 Å². The van der Waals surface area contributed by atoms with Crippen molar-refractivity contribution in [2.45, 2.75) is 25.3 Å². The van der Waals surface area contributed by atoms with Crippen molar-refractivity contribution in [3.63, 3.8) is 0 Å². The Morgan fingerprint density at radius 1 is 1.57 bits per heavy atom. The third-order valence-electron chi connectivity index (χ3n) is 2.66. The van der Waals surface area contributed by atoms with E-state index in [0.717, 1.165) is 19.3 Å². The third kappa shape index (κ3) is 1.63. The number of rotatable bonds is 1. The molecule has 1 aromatic heterocycles. The van der Waals surface area contributed by atoms with Crippen LogP contribution in [0, 0.1) is 5.92 Å². The zero-order valence-corrected chi connectivity index (χ0v) is 7.89. The van der Waals surface area contributed by atoms with Gasteiger partial charge in [0.1, 0.15) is 5.82 Å². The van der Waals surface area contributed by atoms with Crippen LogP contribution in [0.5, 0.6) is 0 Å². The average molecular weight is 194 g/mol. The molecule has 2 rings (SSSR count). The van der Waals surface area contributed by atoms with Crippen molar-refractivity contribution in [3.05, 3.63) is 12.3 Å². The van der Waals surface area contributed by atoms with Gasteiger partial charge in [-0.15, -0.1) is 5.10 Å². The first-order valence-corrected chi connectivity index (χ1v) is 4.78. The molecule has 1 saturated carbocycles. The number of carbonyl (C=O) groups excluding carboxylic acids is 1. The lowest BCUT2D eigenvalue weighted by atomic mass is 10.1. The zero-order chi connectivity index (χ0) is 10.1. The predicted octanol–water partition coefficient (Wildman–Crippen LogP) is 0.233.